The van der Waals surface area contributed by atoms with Gasteiger partial charge in [-0.15, -0.1) is 0 Å². The lowest BCUT2D eigenvalue weighted by Gasteiger charge is -2.31. The van der Waals surface area contributed by atoms with Crippen LogP contribution in [-0.4, -0.2) is 63.0 Å². The van der Waals surface area contributed by atoms with Crippen LogP contribution < -0.4 is 5.73 Å². The van der Waals surface area contributed by atoms with Gasteiger partial charge >= 0.3 is 0 Å². The van der Waals surface area contributed by atoms with Crippen LogP contribution in [0, 0.1) is 0 Å². The first-order chi connectivity index (χ1) is 8.82. The molecule has 2 atom stereocenters. The lowest BCUT2D eigenvalue weighted by atomic mass is 10.3. The van der Waals surface area contributed by atoms with E-state index in [0.29, 0.717) is 19.6 Å². The third-order valence-corrected chi connectivity index (χ3v) is 5.73. The van der Waals surface area contributed by atoms with Crippen molar-refractivity contribution in [3.8, 4) is 0 Å². The Kier molecular flexibility index (Phi) is 8.67. The van der Waals surface area contributed by atoms with Gasteiger partial charge in [0.05, 0.1) is 18.2 Å². The average Bonchev–Trinajstić information content (AvgIpc) is 2.29. The average molecular weight is 312 g/mol. The molecule has 0 aliphatic carbocycles. The van der Waals surface area contributed by atoms with Crippen molar-refractivity contribution in [3.05, 3.63) is 0 Å². The van der Waals surface area contributed by atoms with Gasteiger partial charge in [0.25, 0.3) is 0 Å². The number of ether oxygens (including phenoxy) is 2. The Morgan fingerprint density at radius 3 is 2.32 bits per heavy atom. The molecule has 0 aliphatic rings. The zero-order valence-electron chi connectivity index (χ0n) is 12.0. The van der Waals surface area contributed by atoms with Crippen LogP contribution in [0.15, 0.2) is 0 Å². The number of hydrogen-bond donors (Lipinski definition) is 1. The predicted molar refractivity (Wildman–Crippen MR) is 79.7 cm³/mol. The van der Waals surface area contributed by atoms with E-state index in [-0.39, 0.29) is 17.6 Å². The van der Waals surface area contributed by atoms with Crippen molar-refractivity contribution in [1.82, 2.24) is 4.31 Å². The Balaban J connectivity index is 5.25. The summed E-state index contributed by atoms with van der Waals surface area (Å²) in [5, 5.41) is -0.848. The highest BCUT2D eigenvalue weighted by atomic mass is 32.2. The smallest absolute Gasteiger partial charge is 0.223 e. The highest BCUT2D eigenvalue weighted by Gasteiger charge is 2.35. The Morgan fingerprint density at radius 2 is 1.95 bits per heavy atom. The lowest BCUT2D eigenvalue weighted by molar-refractivity contribution is 0.118. The van der Waals surface area contributed by atoms with Crippen molar-refractivity contribution in [2.75, 3.05) is 34.0 Å². The third-order valence-electron chi connectivity index (χ3n) is 2.79. The molecule has 0 aromatic heterocycles. The van der Waals surface area contributed by atoms with Crippen LogP contribution in [0.5, 0.6) is 0 Å². The van der Waals surface area contributed by atoms with E-state index in [4.69, 9.17) is 27.4 Å². The highest BCUT2D eigenvalue weighted by molar-refractivity contribution is 7.92. The molecule has 2 unspecified atom stereocenters. The van der Waals surface area contributed by atoms with E-state index in [2.05, 4.69) is 0 Å². The molecule has 114 valence electrons. The van der Waals surface area contributed by atoms with Gasteiger partial charge in [0, 0.05) is 26.8 Å². The summed E-state index contributed by atoms with van der Waals surface area (Å²) in [4.78, 5) is -0.00506. The monoisotopic (exact) mass is 312 g/mol. The predicted octanol–water partition coefficient (Wildman–Crippen LogP) is 0.364. The van der Waals surface area contributed by atoms with Gasteiger partial charge in [-0.25, -0.2) is 8.42 Å². The summed E-state index contributed by atoms with van der Waals surface area (Å²) >= 11 is 4.86. The lowest BCUT2D eigenvalue weighted by Crippen LogP contribution is -2.50. The van der Waals surface area contributed by atoms with Gasteiger partial charge in [-0.05, 0) is 13.3 Å². The van der Waals surface area contributed by atoms with Crippen LogP contribution in [0.4, 0.5) is 0 Å². The zero-order chi connectivity index (χ0) is 15.1. The summed E-state index contributed by atoms with van der Waals surface area (Å²) < 4.78 is 36.5. The van der Waals surface area contributed by atoms with Crippen LogP contribution in [0.25, 0.3) is 0 Å². The van der Waals surface area contributed by atoms with E-state index in [1.165, 1.54) is 18.5 Å². The molecule has 0 saturated heterocycles. The fraction of sp³-hybridized carbons (Fsp3) is 0.909. The third kappa shape index (κ3) is 5.31. The van der Waals surface area contributed by atoms with E-state index in [0.717, 1.165) is 0 Å². The molecule has 2 N–H and O–H groups in total. The molecule has 0 radical (unpaired) electrons. The Hall–Kier alpha value is -0.280. The van der Waals surface area contributed by atoms with Gasteiger partial charge in [0.15, 0.2) is 0 Å². The number of methoxy groups -OCH3 is 2. The topological polar surface area (TPSA) is 81.9 Å². The largest absolute Gasteiger partial charge is 0.392 e. The SMILES string of the molecule is CCC(C(N)=S)S(=O)(=O)N(CCOC)C(C)COC. The fourth-order valence-corrected chi connectivity index (χ4v) is 4.29. The van der Waals surface area contributed by atoms with Crippen LogP contribution in [0.3, 0.4) is 0 Å². The molecular weight excluding hydrogens is 288 g/mol. The second-order valence-electron chi connectivity index (χ2n) is 4.25. The zero-order valence-corrected chi connectivity index (χ0v) is 13.6. The van der Waals surface area contributed by atoms with Gasteiger partial charge in [0.1, 0.15) is 5.25 Å². The van der Waals surface area contributed by atoms with Crippen molar-refractivity contribution in [3.63, 3.8) is 0 Å². The van der Waals surface area contributed by atoms with Crippen molar-refractivity contribution < 1.29 is 17.9 Å². The molecule has 0 bridgehead atoms. The van der Waals surface area contributed by atoms with Gasteiger partial charge < -0.3 is 15.2 Å². The maximum atomic E-state index is 12.6. The minimum absolute atomic E-state index is 0.00506. The maximum absolute atomic E-state index is 12.6. The van der Waals surface area contributed by atoms with Crippen molar-refractivity contribution in [2.24, 2.45) is 5.73 Å². The van der Waals surface area contributed by atoms with Crippen LogP contribution in [-0.2, 0) is 19.5 Å². The van der Waals surface area contributed by atoms with E-state index >= 15 is 0 Å². The summed E-state index contributed by atoms with van der Waals surface area (Å²) in [5.74, 6) is 0. The van der Waals surface area contributed by atoms with Gasteiger partial charge in [-0.2, -0.15) is 4.31 Å². The molecule has 0 aromatic carbocycles. The molecular formula is C11H24N2O4S2. The second kappa shape index (κ2) is 8.80. The van der Waals surface area contributed by atoms with Crippen molar-refractivity contribution in [2.45, 2.75) is 31.6 Å². The summed E-state index contributed by atoms with van der Waals surface area (Å²) in [6, 6.07) is -0.298. The number of nitrogens with two attached hydrogens (primary N) is 1. The Bertz CT molecular complexity index is 373. The van der Waals surface area contributed by atoms with E-state index < -0.39 is 15.3 Å². The van der Waals surface area contributed by atoms with Crippen LogP contribution >= 0.6 is 12.2 Å². The molecule has 0 saturated carbocycles. The molecule has 0 spiro atoms. The van der Waals surface area contributed by atoms with E-state index in [1.54, 1.807) is 13.8 Å². The number of rotatable bonds is 10. The minimum Gasteiger partial charge on any atom is -0.392 e. The van der Waals surface area contributed by atoms with Gasteiger partial charge in [-0.1, -0.05) is 19.1 Å². The molecule has 0 heterocycles. The normalized spacial score (nSPS) is 15.4. The number of sulfonamides is 1. The van der Waals surface area contributed by atoms with Crippen LogP contribution in [0.2, 0.25) is 0 Å². The summed E-state index contributed by atoms with van der Waals surface area (Å²) in [7, 11) is -0.544. The second-order valence-corrected chi connectivity index (χ2v) is 6.79. The highest BCUT2D eigenvalue weighted by Crippen LogP contribution is 2.16. The Morgan fingerprint density at radius 1 is 1.37 bits per heavy atom. The van der Waals surface area contributed by atoms with E-state index in [1.807, 2.05) is 0 Å². The molecule has 19 heavy (non-hydrogen) atoms. The van der Waals surface area contributed by atoms with Gasteiger partial charge in [-0.3, -0.25) is 0 Å². The van der Waals surface area contributed by atoms with E-state index in [9.17, 15) is 8.42 Å². The number of nitrogens with zero attached hydrogens (tertiary/aromatic N) is 1. The first kappa shape index (κ1) is 18.7. The fourth-order valence-electron chi connectivity index (χ4n) is 1.83. The summed E-state index contributed by atoms with van der Waals surface area (Å²) in [6.45, 7) is 4.39. The van der Waals surface area contributed by atoms with Gasteiger partial charge in [0.2, 0.25) is 10.0 Å². The minimum atomic E-state index is -3.60. The number of thiocarbonyl (C=S) groups is 1. The first-order valence-electron chi connectivity index (χ1n) is 6.10. The van der Waals surface area contributed by atoms with Crippen LogP contribution in [0.1, 0.15) is 20.3 Å². The standard InChI is InChI=1S/C11H24N2O4S2/c1-5-10(11(12)18)19(14,15)13(6-7-16-3)9(2)8-17-4/h9-10H,5-8H2,1-4H3,(H2,12,18). The molecule has 0 fully saturated rings. The molecule has 0 aromatic rings. The molecule has 0 aliphatic heterocycles. The van der Waals surface area contributed by atoms with Crippen molar-refractivity contribution >= 4 is 27.2 Å². The summed E-state index contributed by atoms with van der Waals surface area (Å²) in [6.07, 6.45) is 0.348. The summed E-state index contributed by atoms with van der Waals surface area (Å²) in [5.41, 5.74) is 5.54. The first-order valence-corrected chi connectivity index (χ1v) is 8.01. The molecule has 0 rings (SSSR count). The Labute approximate surface area is 121 Å². The maximum Gasteiger partial charge on any atom is 0.223 e. The molecule has 0 amide bonds. The van der Waals surface area contributed by atoms with Crippen molar-refractivity contribution in [1.29, 1.82) is 0 Å². The molecule has 6 nitrogen and oxygen atoms in total. The quantitative estimate of drug-likeness (QED) is 0.587. The number of hydrogen-bond acceptors (Lipinski definition) is 5. The molecule has 8 heteroatoms.